The van der Waals surface area contributed by atoms with Crippen molar-refractivity contribution in [1.29, 1.82) is 0 Å². The van der Waals surface area contributed by atoms with Crippen molar-refractivity contribution in [2.24, 2.45) is 5.73 Å². The molecule has 0 atom stereocenters. The first-order chi connectivity index (χ1) is 9.24. The second kappa shape index (κ2) is 6.40. The molecule has 0 aliphatic heterocycles. The van der Waals surface area contributed by atoms with E-state index in [0.29, 0.717) is 6.61 Å². The van der Waals surface area contributed by atoms with Crippen LogP contribution in [0.25, 0.3) is 6.08 Å². The SMILES string of the molecule is NC(=O)/C=C/c1ccc(OCc2ccccc2)cc1. The molecule has 0 heterocycles. The Labute approximate surface area is 112 Å². The zero-order valence-electron chi connectivity index (χ0n) is 10.5. The van der Waals surface area contributed by atoms with E-state index in [1.807, 2.05) is 54.6 Å². The van der Waals surface area contributed by atoms with Crippen LogP contribution in [0.5, 0.6) is 5.75 Å². The number of hydrogen-bond acceptors (Lipinski definition) is 2. The van der Waals surface area contributed by atoms with Gasteiger partial charge in [-0.25, -0.2) is 0 Å². The molecule has 0 saturated heterocycles. The predicted octanol–water partition coefficient (Wildman–Crippen LogP) is 2.76. The van der Waals surface area contributed by atoms with Crippen LogP contribution in [-0.2, 0) is 11.4 Å². The van der Waals surface area contributed by atoms with Gasteiger partial charge in [-0.05, 0) is 29.3 Å². The number of carbonyl (C=O) groups excluding carboxylic acids is 1. The van der Waals surface area contributed by atoms with Crippen LogP contribution in [0.4, 0.5) is 0 Å². The van der Waals surface area contributed by atoms with E-state index in [-0.39, 0.29) is 0 Å². The summed E-state index contributed by atoms with van der Waals surface area (Å²) in [5, 5.41) is 0. The van der Waals surface area contributed by atoms with Crippen LogP contribution in [-0.4, -0.2) is 5.91 Å². The molecule has 0 unspecified atom stereocenters. The number of primary amides is 1. The van der Waals surface area contributed by atoms with Crippen molar-refractivity contribution in [2.45, 2.75) is 6.61 Å². The van der Waals surface area contributed by atoms with E-state index >= 15 is 0 Å². The van der Waals surface area contributed by atoms with Crippen molar-refractivity contribution in [3.05, 3.63) is 71.8 Å². The molecule has 0 saturated carbocycles. The van der Waals surface area contributed by atoms with Crippen LogP contribution in [0.2, 0.25) is 0 Å². The molecule has 0 fully saturated rings. The first kappa shape index (κ1) is 12.9. The highest BCUT2D eigenvalue weighted by atomic mass is 16.5. The van der Waals surface area contributed by atoms with E-state index in [1.54, 1.807) is 6.08 Å². The highest BCUT2D eigenvalue weighted by Crippen LogP contribution is 2.15. The van der Waals surface area contributed by atoms with E-state index < -0.39 is 5.91 Å². The highest BCUT2D eigenvalue weighted by molar-refractivity contribution is 5.90. The topological polar surface area (TPSA) is 52.3 Å². The number of ether oxygens (including phenoxy) is 1. The predicted molar refractivity (Wildman–Crippen MR) is 75.4 cm³/mol. The zero-order chi connectivity index (χ0) is 13.5. The fourth-order valence-electron chi connectivity index (χ4n) is 1.59. The normalized spacial score (nSPS) is 10.5. The van der Waals surface area contributed by atoms with E-state index in [9.17, 15) is 4.79 Å². The van der Waals surface area contributed by atoms with Crippen LogP contribution in [0.1, 0.15) is 11.1 Å². The van der Waals surface area contributed by atoms with E-state index in [1.165, 1.54) is 6.08 Å². The van der Waals surface area contributed by atoms with Crippen molar-refractivity contribution in [2.75, 3.05) is 0 Å². The summed E-state index contributed by atoms with van der Waals surface area (Å²) in [5.41, 5.74) is 7.07. The lowest BCUT2D eigenvalue weighted by Gasteiger charge is -2.06. The summed E-state index contributed by atoms with van der Waals surface area (Å²) in [6.45, 7) is 0.539. The third kappa shape index (κ3) is 4.32. The number of amides is 1. The van der Waals surface area contributed by atoms with Gasteiger partial charge in [0.2, 0.25) is 5.91 Å². The summed E-state index contributed by atoms with van der Waals surface area (Å²) in [6.07, 6.45) is 3.00. The molecule has 2 rings (SSSR count). The number of benzene rings is 2. The lowest BCUT2D eigenvalue weighted by atomic mass is 10.2. The van der Waals surface area contributed by atoms with Crippen molar-refractivity contribution in [1.82, 2.24) is 0 Å². The smallest absolute Gasteiger partial charge is 0.241 e. The Balaban J connectivity index is 1.94. The Morgan fingerprint density at radius 2 is 1.74 bits per heavy atom. The van der Waals surface area contributed by atoms with Gasteiger partial charge in [0.15, 0.2) is 0 Å². The molecule has 0 aromatic heterocycles. The molecule has 0 radical (unpaired) electrons. The summed E-state index contributed by atoms with van der Waals surface area (Å²) in [6, 6.07) is 17.5. The first-order valence-corrected chi connectivity index (χ1v) is 5.98. The van der Waals surface area contributed by atoms with Crippen LogP contribution < -0.4 is 10.5 Å². The number of rotatable bonds is 5. The standard InChI is InChI=1S/C16H15NO2/c17-16(18)11-8-13-6-9-15(10-7-13)19-12-14-4-2-1-3-5-14/h1-11H,12H2,(H2,17,18)/b11-8+. The molecule has 2 aromatic carbocycles. The van der Waals surface area contributed by atoms with Crippen molar-refractivity contribution in [3.8, 4) is 5.75 Å². The van der Waals surface area contributed by atoms with Gasteiger partial charge in [0.1, 0.15) is 12.4 Å². The van der Waals surface area contributed by atoms with Crippen molar-refractivity contribution in [3.63, 3.8) is 0 Å². The van der Waals surface area contributed by atoms with Gasteiger partial charge in [0, 0.05) is 6.08 Å². The molecule has 0 bridgehead atoms. The lowest BCUT2D eigenvalue weighted by Crippen LogP contribution is -2.05. The van der Waals surface area contributed by atoms with Crippen LogP contribution >= 0.6 is 0 Å². The second-order valence-corrected chi connectivity index (χ2v) is 4.08. The molecule has 0 aliphatic carbocycles. The molecular weight excluding hydrogens is 238 g/mol. The summed E-state index contributed by atoms with van der Waals surface area (Å²) < 4.78 is 5.66. The minimum Gasteiger partial charge on any atom is -0.489 e. The molecule has 19 heavy (non-hydrogen) atoms. The fourth-order valence-corrected chi connectivity index (χ4v) is 1.59. The van der Waals surface area contributed by atoms with Crippen LogP contribution in [0.15, 0.2) is 60.7 Å². The Morgan fingerprint density at radius 3 is 2.37 bits per heavy atom. The Bertz CT molecular complexity index is 559. The molecule has 0 aliphatic rings. The quantitative estimate of drug-likeness (QED) is 0.833. The maximum atomic E-state index is 10.6. The summed E-state index contributed by atoms with van der Waals surface area (Å²) in [4.78, 5) is 10.6. The minimum atomic E-state index is -0.454. The third-order valence-corrected chi connectivity index (χ3v) is 2.57. The Hall–Kier alpha value is -2.55. The van der Waals surface area contributed by atoms with Gasteiger partial charge >= 0.3 is 0 Å². The summed E-state index contributed by atoms with van der Waals surface area (Å²) >= 11 is 0. The largest absolute Gasteiger partial charge is 0.489 e. The van der Waals surface area contributed by atoms with Crippen molar-refractivity contribution < 1.29 is 9.53 Å². The number of nitrogens with two attached hydrogens (primary N) is 1. The average molecular weight is 253 g/mol. The Morgan fingerprint density at radius 1 is 1.05 bits per heavy atom. The maximum Gasteiger partial charge on any atom is 0.241 e. The van der Waals surface area contributed by atoms with Crippen molar-refractivity contribution >= 4 is 12.0 Å². The third-order valence-electron chi connectivity index (χ3n) is 2.57. The van der Waals surface area contributed by atoms with Gasteiger partial charge in [-0.3, -0.25) is 4.79 Å². The molecule has 2 N–H and O–H groups in total. The zero-order valence-corrected chi connectivity index (χ0v) is 10.5. The number of hydrogen-bond donors (Lipinski definition) is 1. The summed E-state index contributed by atoms with van der Waals surface area (Å²) in [5.74, 6) is 0.337. The van der Waals surface area contributed by atoms with E-state index in [2.05, 4.69) is 0 Å². The van der Waals surface area contributed by atoms with Gasteiger partial charge < -0.3 is 10.5 Å². The van der Waals surface area contributed by atoms with Gasteiger partial charge in [-0.2, -0.15) is 0 Å². The van der Waals surface area contributed by atoms with E-state index in [0.717, 1.165) is 16.9 Å². The highest BCUT2D eigenvalue weighted by Gasteiger charge is 1.95. The van der Waals surface area contributed by atoms with Gasteiger partial charge in [-0.1, -0.05) is 42.5 Å². The lowest BCUT2D eigenvalue weighted by molar-refractivity contribution is -0.113. The second-order valence-electron chi connectivity index (χ2n) is 4.08. The fraction of sp³-hybridized carbons (Fsp3) is 0.0625. The van der Waals surface area contributed by atoms with E-state index in [4.69, 9.17) is 10.5 Å². The monoisotopic (exact) mass is 253 g/mol. The molecule has 96 valence electrons. The van der Waals surface area contributed by atoms with Gasteiger partial charge in [0.25, 0.3) is 0 Å². The Kier molecular flexibility index (Phi) is 4.34. The maximum absolute atomic E-state index is 10.6. The molecule has 3 heteroatoms. The van der Waals surface area contributed by atoms with Gasteiger partial charge in [0.05, 0.1) is 0 Å². The van der Waals surface area contributed by atoms with Gasteiger partial charge in [-0.15, -0.1) is 0 Å². The molecule has 0 spiro atoms. The molecular formula is C16H15NO2. The number of carbonyl (C=O) groups is 1. The van der Waals surface area contributed by atoms with Crippen LogP contribution in [0.3, 0.4) is 0 Å². The summed E-state index contributed by atoms with van der Waals surface area (Å²) in [7, 11) is 0. The minimum absolute atomic E-state index is 0.454. The first-order valence-electron chi connectivity index (χ1n) is 5.98. The van der Waals surface area contributed by atoms with Crippen LogP contribution in [0, 0.1) is 0 Å². The molecule has 1 amide bonds. The molecule has 2 aromatic rings. The average Bonchev–Trinajstić information content (AvgIpc) is 2.45. The molecule has 3 nitrogen and oxygen atoms in total.